The van der Waals surface area contributed by atoms with E-state index in [-0.39, 0.29) is 29.6 Å². The van der Waals surface area contributed by atoms with Crippen LogP contribution in [0.5, 0.6) is 0 Å². The number of ether oxygens (including phenoxy) is 2. The van der Waals surface area contributed by atoms with Crippen LogP contribution >= 0.6 is 0 Å². The Morgan fingerprint density at radius 2 is 2.15 bits per heavy atom. The van der Waals surface area contributed by atoms with Crippen molar-refractivity contribution in [3.8, 4) is 0 Å². The van der Waals surface area contributed by atoms with E-state index in [1.165, 1.54) is 11.1 Å². The number of hydrogen-bond donors (Lipinski definition) is 0. The Balaban J connectivity index is 1.57. The number of piperidine rings is 2. The van der Waals surface area contributed by atoms with Crippen LogP contribution in [0.3, 0.4) is 0 Å². The van der Waals surface area contributed by atoms with Crippen molar-refractivity contribution in [3.63, 3.8) is 0 Å². The van der Waals surface area contributed by atoms with Gasteiger partial charge in [0.1, 0.15) is 0 Å². The standard InChI is InChI=1S/C22H24N2O3/c1-26-19-17-12-6-9-27-15-10-16(25)24-14-5-3-2-4-13(14)22(20(24)18(15)17)7-8-23(11-12)21(19)22/h2-6,15,17-21H,7-11H2,1H3. The van der Waals surface area contributed by atoms with E-state index >= 15 is 0 Å². The fourth-order valence-electron chi connectivity index (χ4n) is 7.83. The number of para-hydroxylation sites is 1. The van der Waals surface area contributed by atoms with Gasteiger partial charge in [-0.2, -0.15) is 0 Å². The normalized spacial score (nSPS) is 46.2. The minimum atomic E-state index is -0.0218. The Labute approximate surface area is 158 Å². The van der Waals surface area contributed by atoms with Gasteiger partial charge in [-0.15, -0.1) is 0 Å². The molecule has 1 saturated carbocycles. The van der Waals surface area contributed by atoms with E-state index in [1.807, 2.05) is 7.11 Å². The van der Waals surface area contributed by atoms with Crippen molar-refractivity contribution in [2.75, 3.05) is 31.7 Å². The summed E-state index contributed by atoms with van der Waals surface area (Å²) in [7, 11) is 1.88. The molecule has 5 nitrogen and oxygen atoms in total. The number of nitrogens with zero attached hydrogens (tertiary/aromatic N) is 2. The minimum absolute atomic E-state index is 0.00874. The molecule has 1 aromatic carbocycles. The largest absolute Gasteiger partial charge is 0.379 e. The van der Waals surface area contributed by atoms with Crippen molar-refractivity contribution in [2.45, 2.75) is 42.5 Å². The van der Waals surface area contributed by atoms with E-state index in [0.717, 1.165) is 25.2 Å². The molecule has 7 rings (SSSR count). The smallest absolute Gasteiger partial charge is 0.229 e. The number of hydrogen-bond acceptors (Lipinski definition) is 4. The van der Waals surface area contributed by atoms with Gasteiger partial charge in [0.15, 0.2) is 0 Å². The molecule has 1 aromatic rings. The van der Waals surface area contributed by atoms with Crippen LogP contribution in [-0.2, 0) is 19.7 Å². The Morgan fingerprint density at radius 1 is 1.26 bits per heavy atom. The summed E-state index contributed by atoms with van der Waals surface area (Å²) in [5.41, 5.74) is 3.97. The number of carbonyl (C=O) groups is 1. The molecule has 27 heavy (non-hydrogen) atoms. The molecule has 4 fully saturated rings. The zero-order chi connectivity index (χ0) is 17.9. The average Bonchev–Trinajstić information content (AvgIpc) is 3.15. The maximum absolute atomic E-state index is 13.3. The highest BCUT2D eigenvalue weighted by atomic mass is 16.5. The predicted octanol–water partition coefficient (Wildman–Crippen LogP) is 1.72. The number of rotatable bonds is 1. The van der Waals surface area contributed by atoms with Crippen LogP contribution in [0.4, 0.5) is 5.69 Å². The van der Waals surface area contributed by atoms with Crippen molar-refractivity contribution < 1.29 is 14.3 Å². The monoisotopic (exact) mass is 364 g/mol. The van der Waals surface area contributed by atoms with Crippen molar-refractivity contribution in [3.05, 3.63) is 41.5 Å². The Morgan fingerprint density at radius 3 is 3.04 bits per heavy atom. The van der Waals surface area contributed by atoms with E-state index in [4.69, 9.17) is 9.47 Å². The molecule has 1 aliphatic carbocycles. The lowest BCUT2D eigenvalue weighted by atomic mass is 9.52. The highest BCUT2D eigenvalue weighted by Gasteiger charge is 2.74. The lowest BCUT2D eigenvalue weighted by Crippen LogP contribution is -2.74. The molecule has 7 unspecified atom stereocenters. The highest BCUT2D eigenvalue weighted by Crippen LogP contribution is 2.66. The first kappa shape index (κ1) is 15.3. The molecule has 0 N–H and O–H groups in total. The lowest BCUT2D eigenvalue weighted by molar-refractivity contribution is -0.147. The minimum Gasteiger partial charge on any atom is -0.379 e. The van der Waals surface area contributed by atoms with Crippen LogP contribution in [-0.4, -0.2) is 61.9 Å². The maximum Gasteiger partial charge on any atom is 0.229 e. The van der Waals surface area contributed by atoms with Gasteiger partial charge in [-0.05, 0) is 24.6 Å². The zero-order valence-electron chi connectivity index (χ0n) is 15.5. The van der Waals surface area contributed by atoms with E-state index in [9.17, 15) is 4.79 Å². The molecule has 2 bridgehead atoms. The van der Waals surface area contributed by atoms with Crippen LogP contribution in [0.25, 0.3) is 0 Å². The summed E-state index contributed by atoms with van der Waals surface area (Å²) >= 11 is 0. The Hall–Kier alpha value is -1.69. The van der Waals surface area contributed by atoms with Gasteiger partial charge < -0.3 is 14.4 Å². The van der Waals surface area contributed by atoms with Crippen molar-refractivity contribution in [1.29, 1.82) is 0 Å². The summed E-state index contributed by atoms with van der Waals surface area (Å²) in [6.45, 7) is 2.74. The van der Waals surface area contributed by atoms with Crippen LogP contribution in [0, 0.1) is 11.8 Å². The number of carbonyl (C=O) groups excluding carboxylic acids is 1. The summed E-state index contributed by atoms with van der Waals surface area (Å²) in [5.74, 6) is 0.927. The quantitative estimate of drug-likeness (QED) is 0.712. The van der Waals surface area contributed by atoms with E-state index in [2.05, 4.69) is 40.1 Å². The molecule has 6 aliphatic rings. The summed E-state index contributed by atoms with van der Waals surface area (Å²) in [6.07, 6.45) is 4.07. The fourth-order valence-corrected chi connectivity index (χ4v) is 7.83. The van der Waals surface area contributed by atoms with Crippen molar-refractivity contribution in [1.82, 2.24) is 4.90 Å². The molecule has 0 aromatic heterocycles. The summed E-state index contributed by atoms with van der Waals surface area (Å²) in [5, 5.41) is 0. The Kier molecular flexibility index (Phi) is 2.73. The number of anilines is 1. The molecule has 5 heteroatoms. The van der Waals surface area contributed by atoms with Crippen LogP contribution < -0.4 is 4.90 Å². The van der Waals surface area contributed by atoms with E-state index < -0.39 is 0 Å². The maximum atomic E-state index is 13.3. The SMILES string of the molecule is COC1C2C3=CCOC4CC(=O)N5c6ccccc6C6(CCN(C3)C16)C5C42. The third-order valence-electron chi connectivity index (χ3n) is 8.46. The predicted molar refractivity (Wildman–Crippen MR) is 99.6 cm³/mol. The molecule has 1 spiro atoms. The highest BCUT2D eigenvalue weighted by molar-refractivity contribution is 5.99. The summed E-state index contributed by atoms with van der Waals surface area (Å²) in [6, 6.07) is 9.20. The van der Waals surface area contributed by atoms with E-state index in [1.54, 1.807) is 0 Å². The molecular formula is C22H24N2O3. The zero-order valence-corrected chi connectivity index (χ0v) is 15.5. The fraction of sp³-hybridized carbons (Fsp3) is 0.591. The summed E-state index contributed by atoms with van der Waals surface area (Å²) in [4.78, 5) is 18.1. The molecule has 7 atom stereocenters. The van der Waals surface area contributed by atoms with Crippen LogP contribution in [0.2, 0.25) is 0 Å². The first-order chi connectivity index (χ1) is 13.3. The lowest BCUT2D eigenvalue weighted by Gasteiger charge is -2.61. The van der Waals surface area contributed by atoms with Crippen LogP contribution in [0.15, 0.2) is 35.9 Å². The molecule has 3 saturated heterocycles. The number of benzene rings is 1. The van der Waals surface area contributed by atoms with Gasteiger partial charge in [0.25, 0.3) is 0 Å². The third kappa shape index (κ3) is 1.52. The van der Waals surface area contributed by atoms with Gasteiger partial charge >= 0.3 is 0 Å². The third-order valence-corrected chi connectivity index (χ3v) is 8.46. The number of amides is 1. The number of fused-ring (bicyclic) bond motifs is 2. The first-order valence-corrected chi connectivity index (χ1v) is 10.2. The van der Waals surface area contributed by atoms with Gasteiger partial charge in [-0.25, -0.2) is 0 Å². The molecule has 5 aliphatic heterocycles. The van der Waals surface area contributed by atoms with E-state index in [0.29, 0.717) is 30.9 Å². The van der Waals surface area contributed by atoms with Crippen molar-refractivity contribution >= 4 is 11.6 Å². The van der Waals surface area contributed by atoms with Gasteiger partial charge in [0, 0.05) is 42.6 Å². The van der Waals surface area contributed by atoms with Gasteiger partial charge in [0.05, 0.1) is 31.3 Å². The second-order valence-electron chi connectivity index (χ2n) is 9.09. The molecular weight excluding hydrogens is 340 g/mol. The van der Waals surface area contributed by atoms with Gasteiger partial charge in [0.2, 0.25) is 5.91 Å². The molecule has 1 amide bonds. The molecule has 140 valence electrons. The average molecular weight is 364 g/mol. The second-order valence-corrected chi connectivity index (χ2v) is 9.09. The first-order valence-electron chi connectivity index (χ1n) is 10.2. The molecule has 0 radical (unpaired) electrons. The van der Waals surface area contributed by atoms with Gasteiger partial charge in [-0.3, -0.25) is 9.69 Å². The summed E-state index contributed by atoms with van der Waals surface area (Å²) < 4.78 is 12.5. The number of methoxy groups -OCH3 is 1. The van der Waals surface area contributed by atoms with Crippen LogP contribution in [0.1, 0.15) is 18.4 Å². The molecule has 5 heterocycles. The van der Waals surface area contributed by atoms with Gasteiger partial charge in [-0.1, -0.05) is 29.8 Å². The topological polar surface area (TPSA) is 42.0 Å². The van der Waals surface area contributed by atoms with Crippen molar-refractivity contribution in [2.24, 2.45) is 11.8 Å². The second kappa shape index (κ2) is 4.83. The Bertz CT molecular complexity index is 897.